The predicted octanol–water partition coefficient (Wildman–Crippen LogP) is 2.79. The van der Waals surface area contributed by atoms with Crippen LogP contribution in [0.25, 0.3) is 0 Å². The van der Waals surface area contributed by atoms with E-state index in [1.54, 1.807) is 0 Å². The Labute approximate surface area is 161 Å². The van der Waals surface area contributed by atoms with Crippen LogP contribution in [-0.2, 0) is 4.74 Å². The van der Waals surface area contributed by atoms with Gasteiger partial charge in [0.2, 0.25) is 0 Å². The molecule has 0 spiro atoms. The first-order valence-electron chi connectivity index (χ1n) is 9.74. The van der Waals surface area contributed by atoms with E-state index in [9.17, 15) is 4.79 Å². The third-order valence-corrected chi connectivity index (χ3v) is 5.42. The second-order valence-corrected chi connectivity index (χ2v) is 7.26. The van der Waals surface area contributed by atoms with E-state index in [0.29, 0.717) is 0 Å². The van der Waals surface area contributed by atoms with E-state index in [-0.39, 0.29) is 5.91 Å². The van der Waals surface area contributed by atoms with Crippen LogP contribution >= 0.6 is 0 Å². The molecule has 0 N–H and O–H groups in total. The Bertz CT molecular complexity index is 776. The van der Waals surface area contributed by atoms with Crippen LogP contribution in [0.2, 0.25) is 0 Å². The van der Waals surface area contributed by atoms with Crippen molar-refractivity contribution in [3.63, 3.8) is 0 Å². The van der Waals surface area contributed by atoms with Gasteiger partial charge in [-0.15, -0.1) is 0 Å². The largest absolute Gasteiger partial charge is 0.378 e. The maximum Gasteiger partial charge on any atom is 0.253 e. The van der Waals surface area contributed by atoms with Crippen molar-refractivity contribution in [2.75, 3.05) is 62.3 Å². The zero-order valence-corrected chi connectivity index (χ0v) is 15.9. The Morgan fingerprint density at radius 3 is 2.15 bits per heavy atom. The molecule has 142 valence electrons. The van der Waals surface area contributed by atoms with E-state index in [0.717, 1.165) is 58.0 Å². The Hall–Kier alpha value is -2.53. The summed E-state index contributed by atoms with van der Waals surface area (Å²) < 4.78 is 5.40. The summed E-state index contributed by atoms with van der Waals surface area (Å²) in [6, 6.07) is 16.6. The summed E-state index contributed by atoms with van der Waals surface area (Å²) in [6.45, 7) is 8.75. The van der Waals surface area contributed by atoms with Crippen molar-refractivity contribution in [3.05, 3.63) is 59.7 Å². The Morgan fingerprint density at radius 2 is 1.48 bits per heavy atom. The van der Waals surface area contributed by atoms with Gasteiger partial charge in [0.15, 0.2) is 0 Å². The van der Waals surface area contributed by atoms with Gasteiger partial charge in [-0.25, -0.2) is 0 Å². The molecular weight excluding hydrogens is 338 g/mol. The summed E-state index contributed by atoms with van der Waals surface area (Å²) in [5.74, 6) is 0.132. The third kappa shape index (κ3) is 4.08. The van der Waals surface area contributed by atoms with Crippen molar-refractivity contribution in [1.29, 1.82) is 0 Å². The molecule has 0 unspecified atom stereocenters. The summed E-state index contributed by atoms with van der Waals surface area (Å²) in [5, 5.41) is 0. The van der Waals surface area contributed by atoms with Crippen molar-refractivity contribution in [3.8, 4) is 0 Å². The minimum Gasteiger partial charge on any atom is -0.378 e. The zero-order valence-electron chi connectivity index (χ0n) is 15.9. The lowest BCUT2D eigenvalue weighted by molar-refractivity contribution is 0.0746. The van der Waals surface area contributed by atoms with Gasteiger partial charge in [0.05, 0.1) is 13.2 Å². The highest BCUT2D eigenvalue weighted by atomic mass is 16.5. The number of anilines is 2. The number of hydrogen-bond acceptors (Lipinski definition) is 4. The van der Waals surface area contributed by atoms with E-state index < -0.39 is 0 Å². The molecule has 0 bridgehead atoms. The number of carbonyl (C=O) groups is 1. The van der Waals surface area contributed by atoms with Gasteiger partial charge in [-0.3, -0.25) is 4.79 Å². The van der Waals surface area contributed by atoms with E-state index in [1.807, 2.05) is 17.0 Å². The smallest absolute Gasteiger partial charge is 0.253 e. The van der Waals surface area contributed by atoms with Crippen molar-refractivity contribution in [2.45, 2.75) is 6.92 Å². The molecule has 0 saturated carbocycles. The summed E-state index contributed by atoms with van der Waals surface area (Å²) in [7, 11) is 0. The number of amides is 1. The van der Waals surface area contributed by atoms with Crippen molar-refractivity contribution >= 4 is 17.3 Å². The fourth-order valence-electron chi connectivity index (χ4n) is 3.81. The van der Waals surface area contributed by atoms with E-state index in [1.165, 1.54) is 16.9 Å². The average molecular weight is 365 g/mol. The monoisotopic (exact) mass is 365 g/mol. The molecule has 5 nitrogen and oxygen atoms in total. The Morgan fingerprint density at radius 1 is 0.815 bits per heavy atom. The number of aryl methyl sites for hydroxylation is 1. The SMILES string of the molecule is Cc1cccc(N2CCN(C(=O)c3ccc(N4CCOCC4)cc3)CC2)c1. The molecule has 0 radical (unpaired) electrons. The third-order valence-electron chi connectivity index (χ3n) is 5.42. The van der Waals surface area contributed by atoms with Gasteiger partial charge >= 0.3 is 0 Å². The fraction of sp³-hybridized carbons (Fsp3) is 0.409. The Kier molecular flexibility index (Phi) is 5.30. The first-order valence-corrected chi connectivity index (χ1v) is 9.74. The van der Waals surface area contributed by atoms with Crippen LogP contribution in [0.15, 0.2) is 48.5 Å². The van der Waals surface area contributed by atoms with Gasteiger partial charge in [-0.1, -0.05) is 12.1 Å². The van der Waals surface area contributed by atoms with Crippen molar-refractivity contribution in [2.24, 2.45) is 0 Å². The Balaban J connectivity index is 1.36. The number of piperazine rings is 1. The highest BCUT2D eigenvalue weighted by Crippen LogP contribution is 2.20. The van der Waals surface area contributed by atoms with E-state index in [4.69, 9.17) is 4.74 Å². The number of hydrogen-bond donors (Lipinski definition) is 0. The van der Waals surface area contributed by atoms with Gasteiger partial charge in [-0.2, -0.15) is 0 Å². The highest BCUT2D eigenvalue weighted by Gasteiger charge is 2.22. The van der Waals surface area contributed by atoms with Gasteiger partial charge in [0, 0.05) is 56.2 Å². The van der Waals surface area contributed by atoms with Crippen molar-refractivity contribution in [1.82, 2.24) is 4.90 Å². The normalized spacial score (nSPS) is 17.9. The fourth-order valence-corrected chi connectivity index (χ4v) is 3.81. The zero-order chi connectivity index (χ0) is 18.6. The maximum absolute atomic E-state index is 12.9. The lowest BCUT2D eigenvalue weighted by Crippen LogP contribution is -2.48. The molecule has 2 aliphatic heterocycles. The van der Waals surface area contributed by atoms with Crippen LogP contribution < -0.4 is 9.80 Å². The van der Waals surface area contributed by atoms with Crippen LogP contribution in [0, 0.1) is 6.92 Å². The maximum atomic E-state index is 12.9. The molecule has 27 heavy (non-hydrogen) atoms. The molecule has 2 fully saturated rings. The van der Waals surface area contributed by atoms with Crippen molar-refractivity contribution < 1.29 is 9.53 Å². The highest BCUT2D eigenvalue weighted by molar-refractivity contribution is 5.94. The van der Waals surface area contributed by atoms with Gasteiger partial charge in [-0.05, 0) is 48.9 Å². The molecule has 1 amide bonds. The molecule has 2 saturated heterocycles. The number of morpholine rings is 1. The molecule has 4 rings (SSSR count). The van der Waals surface area contributed by atoms with Gasteiger partial charge < -0.3 is 19.4 Å². The molecule has 2 aliphatic rings. The van der Waals surface area contributed by atoms with Crippen LogP contribution in [0.3, 0.4) is 0 Å². The summed E-state index contributed by atoms with van der Waals surface area (Å²) in [5.41, 5.74) is 4.46. The second-order valence-electron chi connectivity index (χ2n) is 7.26. The van der Waals surface area contributed by atoms with Crippen LogP contribution in [0.4, 0.5) is 11.4 Å². The van der Waals surface area contributed by atoms with E-state index in [2.05, 4.69) is 53.1 Å². The standard InChI is InChI=1S/C22H27N3O2/c1-18-3-2-4-21(17-18)23-9-11-25(12-10-23)22(26)19-5-7-20(8-6-19)24-13-15-27-16-14-24/h2-8,17H,9-16H2,1H3. The number of rotatable bonds is 3. The lowest BCUT2D eigenvalue weighted by atomic mass is 10.1. The lowest BCUT2D eigenvalue weighted by Gasteiger charge is -2.36. The summed E-state index contributed by atoms with van der Waals surface area (Å²) >= 11 is 0. The van der Waals surface area contributed by atoms with Gasteiger partial charge in [0.1, 0.15) is 0 Å². The molecule has 2 aromatic carbocycles. The molecule has 0 aromatic heterocycles. The second kappa shape index (κ2) is 8.01. The topological polar surface area (TPSA) is 36.0 Å². The van der Waals surface area contributed by atoms with Gasteiger partial charge in [0.25, 0.3) is 5.91 Å². The van der Waals surface area contributed by atoms with Crippen LogP contribution in [0.5, 0.6) is 0 Å². The molecule has 2 heterocycles. The first kappa shape index (κ1) is 17.9. The predicted molar refractivity (Wildman–Crippen MR) is 109 cm³/mol. The number of nitrogens with zero attached hydrogens (tertiary/aromatic N) is 3. The quantitative estimate of drug-likeness (QED) is 0.838. The minimum atomic E-state index is 0.132. The summed E-state index contributed by atoms with van der Waals surface area (Å²) in [4.78, 5) is 19.5. The molecule has 5 heteroatoms. The molecule has 0 aliphatic carbocycles. The number of ether oxygens (including phenoxy) is 1. The summed E-state index contributed by atoms with van der Waals surface area (Å²) in [6.07, 6.45) is 0. The average Bonchev–Trinajstić information content (AvgIpc) is 2.74. The van der Waals surface area contributed by atoms with Crippen LogP contribution in [-0.4, -0.2) is 63.3 Å². The minimum absolute atomic E-state index is 0.132. The number of benzene rings is 2. The first-order chi connectivity index (χ1) is 13.2. The number of carbonyl (C=O) groups excluding carboxylic acids is 1. The molecule has 0 atom stereocenters. The van der Waals surface area contributed by atoms with Crippen LogP contribution in [0.1, 0.15) is 15.9 Å². The molecular formula is C22H27N3O2. The molecule has 2 aromatic rings. The van der Waals surface area contributed by atoms with E-state index >= 15 is 0 Å².